The smallest absolute Gasteiger partial charge is 0.226 e. The largest absolute Gasteiger partial charge is 0.497 e. The molecule has 5 heteroatoms. The Morgan fingerprint density at radius 3 is 2.83 bits per heavy atom. The maximum absolute atomic E-state index is 12.9. The molecule has 126 valence electrons. The van der Waals surface area contributed by atoms with E-state index in [0.717, 1.165) is 38.1 Å². The number of carbonyl (C=O) groups excluding carboxylic acids is 1. The van der Waals surface area contributed by atoms with Gasteiger partial charge in [0, 0.05) is 31.4 Å². The summed E-state index contributed by atoms with van der Waals surface area (Å²) in [6.07, 6.45) is 6.92. The fraction of sp³-hybridized carbons (Fsp3) is 0.474. The molecule has 24 heavy (non-hydrogen) atoms. The molecule has 0 unspecified atom stereocenters. The van der Waals surface area contributed by atoms with Crippen molar-refractivity contribution in [2.45, 2.75) is 31.2 Å². The van der Waals surface area contributed by atoms with Gasteiger partial charge in [-0.15, -0.1) is 0 Å². The number of ether oxygens (including phenoxy) is 1. The molecular formula is C19H23N3O2. The maximum Gasteiger partial charge on any atom is 0.226 e. The number of carbonyl (C=O) groups is 1. The van der Waals surface area contributed by atoms with Gasteiger partial charge in [0.25, 0.3) is 0 Å². The number of amides is 1. The van der Waals surface area contributed by atoms with E-state index in [2.05, 4.69) is 17.2 Å². The highest BCUT2D eigenvalue weighted by molar-refractivity contribution is 5.83. The van der Waals surface area contributed by atoms with Crippen molar-refractivity contribution in [2.24, 2.45) is 5.92 Å². The van der Waals surface area contributed by atoms with Crippen molar-refractivity contribution in [1.82, 2.24) is 14.7 Å². The fourth-order valence-electron chi connectivity index (χ4n) is 3.79. The standard InChI is InChI=1S/C19H23N3O2/c1-24-16-7-5-14(6-8-16)17-12-18(17)19(23)21-10-2-4-15(13-21)22-11-3-9-20-22/h3,5-9,11,15,17-18H,2,4,10,12-13H2,1H3/t15-,17+,18-/m1/s1. The first kappa shape index (κ1) is 15.2. The van der Waals surface area contributed by atoms with Crippen LogP contribution in [0.15, 0.2) is 42.7 Å². The van der Waals surface area contributed by atoms with E-state index in [1.807, 2.05) is 34.0 Å². The number of likely N-dealkylation sites (tertiary alicyclic amines) is 1. The van der Waals surface area contributed by atoms with Crippen LogP contribution in [0.5, 0.6) is 5.75 Å². The highest BCUT2D eigenvalue weighted by Gasteiger charge is 2.46. The van der Waals surface area contributed by atoms with Crippen molar-refractivity contribution in [3.05, 3.63) is 48.3 Å². The zero-order valence-electron chi connectivity index (χ0n) is 14.0. The van der Waals surface area contributed by atoms with E-state index in [-0.39, 0.29) is 5.92 Å². The van der Waals surface area contributed by atoms with Gasteiger partial charge in [0.15, 0.2) is 0 Å². The van der Waals surface area contributed by atoms with E-state index < -0.39 is 0 Å². The van der Waals surface area contributed by atoms with Crippen molar-refractivity contribution >= 4 is 5.91 Å². The lowest BCUT2D eigenvalue weighted by atomic mass is 10.0. The summed E-state index contributed by atoms with van der Waals surface area (Å²) in [5.41, 5.74) is 1.25. The number of nitrogens with zero attached hydrogens (tertiary/aromatic N) is 3. The Balaban J connectivity index is 1.39. The van der Waals surface area contributed by atoms with Crippen molar-refractivity contribution < 1.29 is 9.53 Å². The summed E-state index contributed by atoms with van der Waals surface area (Å²) in [7, 11) is 1.67. The summed E-state index contributed by atoms with van der Waals surface area (Å²) in [5.74, 6) is 1.69. The van der Waals surface area contributed by atoms with Gasteiger partial charge in [-0.1, -0.05) is 12.1 Å². The molecule has 2 aliphatic rings. The molecule has 0 N–H and O–H groups in total. The van der Waals surface area contributed by atoms with Crippen LogP contribution in [0.4, 0.5) is 0 Å². The van der Waals surface area contributed by atoms with Crippen LogP contribution in [0.3, 0.4) is 0 Å². The molecule has 2 fully saturated rings. The predicted octanol–water partition coefficient (Wildman–Crippen LogP) is 2.86. The normalized spacial score (nSPS) is 26.2. The van der Waals surface area contributed by atoms with Gasteiger partial charge in [0.2, 0.25) is 5.91 Å². The van der Waals surface area contributed by atoms with Gasteiger partial charge < -0.3 is 9.64 Å². The molecule has 1 aromatic heterocycles. The summed E-state index contributed by atoms with van der Waals surface area (Å²) < 4.78 is 7.20. The van der Waals surface area contributed by atoms with E-state index >= 15 is 0 Å². The highest BCUT2D eigenvalue weighted by atomic mass is 16.5. The third-order valence-corrected chi connectivity index (χ3v) is 5.26. The minimum atomic E-state index is 0.148. The summed E-state index contributed by atoms with van der Waals surface area (Å²) in [4.78, 5) is 14.9. The number of methoxy groups -OCH3 is 1. The van der Waals surface area contributed by atoms with Crippen molar-refractivity contribution in [1.29, 1.82) is 0 Å². The lowest BCUT2D eigenvalue weighted by Gasteiger charge is -2.33. The minimum Gasteiger partial charge on any atom is -0.497 e. The summed E-state index contributed by atoms with van der Waals surface area (Å²) in [5, 5.41) is 4.34. The highest BCUT2D eigenvalue weighted by Crippen LogP contribution is 2.49. The Morgan fingerprint density at radius 1 is 1.29 bits per heavy atom. The minimum absolute atomic E-state index is 0.148. The zero-order chi connectivity index (χ0) is 16.5. The topological polar surface area (TPSA) is 47.4 Å². The third kappa shape index (κ3) is 2.90. The Kier molecular flexibility index (Phi) is 4.00. The molecule has 1 saturated carbocycles. The van der Waals surface area contributed by atoms with Gasteiger partial charge in [-0.25, -0.2) is 0 Å². The van der Waals surface area contributed by atoms with Crippen LogP contribution in [-0.2, 0) is 4.79 Å². The average molecular weight is 325 g/mol. The van der Waals surface area contributed by atoms with E-state index in [4.69, 9.17) is 4.74 Å². The second-order valence-electron chi connectivity index (χ2n) is 6.79. The van der Waals surface area contributed by atoms with Crippen LogP contribution in [0.1, 0.15) is 36.8 Å². The van der Waals surface area contributed by atoms with Crippen LogP contribution in [0.2, 0.25) is 0 Å². The zero-order valence-corrected chi connectivity index (χ0v) is 14.0. The molecule has 5 nitrogen and oxygen atoms in total. The molecule has 2 aromatic rings. The molecule has 2 heterocycles. The summed E-state index contributed by atoms with van der Waals surface area (Å²) >= 11 is 0. The van der Waals surface area contributed by atoms with E-state index in [9.17, 15) is 4.79 Å². The second-order valence-corrected chi connectivity index (χ2v) is 6.79. The van der Waals surface area contributed by atoms with Gasteiger partial charge in [-0.3, -0.25) is 9.48 Å². The average Bonchev–Trinajstić information content (AvgIpc) is 3.25. The van der Waals surface area contributed by atoms with Crippen LogP contribution >= 0.6 is 0 Å². The molecule has 1 aliphatic carbocycles. The van der Waals surface area contributed by atoms with Gasteiger partial charge in [-0.05, 0) is 48.9 Å². The molecule has 1 aromatic carbocycles. The molecule has 3 atom stereocenters. The quantitative estimate of drug-likeness (QED) is 0.868. The maximum atomic E-state index is 12.9. The molecule has 0 radical (unpaired) electrons. The molecule has 1 saturated heterocycles. The Hall–Kier alpha value is -2.30. The van der Waals surface area contributed by atoms with Gasteiger partial charge in [0.1, 0.15) is 5.75 Å². The second kappa shape index (κ2) is 6.30. The van der Waals surface area contributed by atoms with Crippen LogP contribution in [0.25, 0.3) is 0 Å². The first-order valence-electron chi connectivity index (χ1n) is 8.68. The number of hydrogen-bond acceptors (Lipinski definition) is 3. The first-order valence-corrected chi connectivity index (χ1v) is 8.68. The van der Waals surface area contributed by atoms with E-state index in [1.54, 1.807) is 13.3 Å². The van der Waals surface area contributed by atoms with Crippen LogP contribution in [0, 0.1) is 5.92 Å². The summed E-state index contributed by atoms with van der Waals surface area (Å²) in [6.45, 7) is 1.66. The lowest BCUT2D eigenvalue weighted by Crippen LogP contribution is -2.41. The molecule has 1 aliphatic heterocycles. The Labute approximate surface area is 142 Å². The molecule has 1 amide bonds. The first-order chi connectivity index (χ1) is 11.8. The number of rotatable bonds is 4. The number of piperidine rings is 1. The van der Waals surface area contributed by atoms with Crippen molar-refractivity contribution in [3.63, 3.8) is 0 Å². The van der Waals surface area contributed by atoms with Gasteiger partial charge in [0.05, 0.1) is 13.2 Å². The molecule has 0 spiro atoms. The fourth-order valence-corrected chi connectivity index (χ4v) is 3.79. The van der Waals surface area contributed by atoms with E-state index in [0.29, 0.717) is 17.9 Å². The number of aromatic nitrogens is 2. The number of hydrogen-bond donors (Lipinski definition) is 0. The Morgan fingerprint density at radius 2 is 2.12 bits per heavy atom. The molecular weight excluding hydrogens is 302 g/mol. The number of benzene rings is 1. The lowest BCUT2D eigenvalue weighted by molar-refractivity contribution is -0.134. The monoisotopic (exact) mass is 325 g/mol. The SMILES string of the molecule is COc1ccc([C@@H]2C[C@H]2C(=O)N2CCC[C@@H](n3cccn3)C2)cc1. The van der Waals surface area contributed by atoms with Gasteiger partial charge >= 0.3 is 0 Å². The van der Waals surface area contributed by atoms with Crippen LogP contribution in [-0.4, -0.2) is 40.8 Å². The Bertz CT molecular complexity index is 696. The molecule has 4 rings (SSSR count). The van der Waals surface area contributed by atoms with E-state index in [1.165, 1.54) is 5.56 Å². The van der Waals surface area contributed by atoms with Gasteiger partial charge in [-0.2, -0.15) is 5.10 Å². The third-order valence-electron chi connectivity index (χ3n) is 5.26. The van der Waals surface area contributed by atoms with Crippen molar-refractivity contribution in [3.8, 4) is 5.75 Å². The molecule has 0 bridgehead atoms. The summed E-state index contributed by atoms with van der Waals surface area (Å²) in [6, 6.07) is 10.4. The van der Waals surface area contributed by atoms with Crippen molar-refractivity contribution in [2.75, 3.05) is 20.2 Å². The predicted molar refractivity (Wildman–Crippen MR) is 90.9 cm³/mol. The van der Waals surface area contributed by atoms with Crippen LogP contribution < -0.4 is 4.74 Å².